The molecule has 6 heteroatoms. The summed E-state index contributed by atoms with van der Waals surface area (Å²) in [5.41, 5.74) is 2.95. The Balaban J connectivity index is 0.00000170. The number of hydrogen-bond donors (Lipinski definition) is 1. The molecule has 1 aliphatic rings. The van der Waals surface area contributed by atoms with Crippen LogP contribution in [0.3, 0.4) is 0 Å². The highest BCUT2D eigenvalue weighted by molar-refractivity contribution is 7.79. The molecule has 1 fully saturated rings. The molecule has 0 N–H and O–H groups in total. The molecule has 31 heavy (non-hydrogen) atoms. The Morgan fingerprint density at radius 1 is 1.00 bits per heavy atom. The van der Waals surface area contributed by atoms with Gasteiger partial charge in [-0.1, -0.05) is 33.1 Å². The van der Waals surface area contributed by atoms with Gasteiger partial charge in [0.15, 0.2) is 0 Å². The van der Waals surface area contributed by atoms with Crippen LogP contribution < -0.4 is 4.90 Å². The lowest BCUT2D eigenvalue weighted by molar-refractivity contribution is 0.0600. The van der Waals surface area contributed by atoms with Crippen molar-refractivity contribution < 1.29 is 13.9 Å². The van der Waals surface area contributed by atoms with Crippen LogP contribution in [0.25, 0.3) is 0 Å². The Bertz CT molecular complexity index is 852. The van der Waals surface area contributed by atoms with E-state index in [-0.39, 0.29) is 19.2 Å². The van der Waals surface area contributed by atoms with Crippen molar-refractivity contribution in [1.29, 1.82) is 0 Å². The Labute approximate surface area is 192 Å². The maximum Gasteiger partial charge on any atom is 0.337 e. The largest absolute Gasteiger partial charge is 0.465 e. The molecule has 0 radical (unpaired) electrons. The second-order valence-corrected chi connectivity index (χ2v) is 6.27. The number of piperazine rings is 1. The molecule has 2 aromatic carbocycles. The van der Waals surface area contributed by atoms with Crippen molar-refractivity contribution in [3.63, 3.8) is 0 Å². The summed E-state index contributed by atoms with van der Waals surface area (Å²) in [5.74, 6) is 5.52. The minimum absolute atomic E-state index is 0. The van der Waals surface area contributed by atoms with Gasteiger partial charge in [-0.3, -0.25) is 0 Å². The van der Waals surface area contributed by atoms with Crippen LogP contribution in [-0.4, -0.2) is 57.5 Å². The van der Waals surface area contributed by atoms with Crippen LogP contribution in [0.4, 0.5) is 10.1 Å². The van der Waals surface area contributed by atoms with Crippen molar-refractivity contribution >= 4 is 24.3 Å². The summed E-state index contributed by atoms with van der Waals surface area (Å²) >= 11 is 3.53. The maximum atomic E-state index is 13.1. The Kier molecular flexibility index (Phi) is 14.1. The highest BCUT2D eigenvalue weighted by Gasteiger charge is 2.18. The number of carbonyl (C=O) groups is 1. The van der Waals surface area contributed by atoms with Gasteiger partial charge < -0.3 is 14.5 Å². The zero-order valence-corrected chi connectivity index (χ0v) is 19.3. The molecule has 3 rings (SSSR count). The number of nitrogens with zero attached hydrogens (tertiary/aromatic N) is 2. The SMILES string of the molecule is C.CC.COC(=O)c1ccc(N2CCN(C)CC2)c(C#Cc2ccc(F)cc2)c1.CS. The average Bonchev–Trinajstić information content (AvgIpc) is 2.81. The first-order chi connectivity index (χ1) is 14.6. The number of halogens is 1. The van der Waals surface area contributed by atoms with Crippen LogP contribution >= 0.6 is 12.6 Å². The third kappa shape index (κ3) is 8.64. The van der Waals surface area contributed by atoms with Gasteiger partial charge in [0.05, 0.1) is 18.4 Å². The van der Waals surface area contributed by atoms with Gasteiger partial charge in [0, 0.05) is 37.3 Å². The summed E-state index contributed by atoms with van der Waals surface area (Å²) < 4.78 is 17.9. The van der Waals surface area contributed by atoms with E-state index in [4.69, 9.17) is 4.74 Å². The predicted molar refractivity (Wildman–Crippen MR) is 133 cm³/mol. The van der Waals surface area contributed by atoms with E-state index in [1.807, 2.05) is 19.9 Å². The second-order valence-electron chi connectivity index (χ2n) is 6.27. The average molecular weight is 447 g/mol. The number of benzene rings is 2. The highest BCUT2D eigenvalue weighted by atomic mass is 32.1. The lowest BCUT2D eigenvalue weighted by Crippen LogP contribution is -2.44. The van der Waals surface area contributed by atoms with Crippen molar-refractivity contribution in [2.75, 3.05) is 51.5 Å². The topological polar surface area (TPSA) is 32.8 Å². The van der Waals surface area contributed by atoms with Crippen LogP contribution in [0, 0.1) is 17.7 Å². The van der Waals surface area contributed by atoms with Crippen LogP contribution in [0.15, 0.2) is 42.5 Å². The van der Waals surface area contributed by atoms with Gasteiger partial charge in [0.25, 0.3) is 0 Å². The molecule has 0 aliphatic carbocycles. The summed E-state index contributed by atoms with van der Waals surface area (Å²) in [6.07, 6.45) is 1.69. The number of carbonyl (C=O) groups excluding carboxylic acids is 1. The monoisotopic (exact) mass is 446 g/mol. The molecule has 1 heterocycles. The Hall–Kier alpha value is -2.49. The quantitative estimate of drug-likeness (QED) is 0.401. The van der Waals surface area contributed by atoms with E-state index in [0.717, 1.165) is 43.0 Å². The molecule has 170 valence electrons. The molecule has 0 saturated carbocycles. The number of thiol groups is 1. The van der Waals surface area contributed by atoms with Gasteiger partial charge in [-0.2, -0.15) is 12.6 Å². The van der Waals surface area contributed by atoms with E-state index in [1.165, 1.54) is 19.2 Å². The van der Waals surface area contributed by atoms with E-state index in [9.17, 15) is 9.18 Å². The van der Waals surface area contributed by atoms with Crippen molar-refractivity contribution in [2.45, 2.75) is 21.3 Å². The smallest absolute Gasteiger partial charge is 0.337 e. The molecule has 0 bridgehead atoms. The molecule has 0 unspecified atom stereocenters. The number of methoxy groups -OCH3 is 1. The van der Waals surface area contributed by atoms with E-state index in [2.05, 4.69) is 41.3 Å². The number of esters is 1. The first-order valence-corrected chi connectivity index (χ1v) is 10.8. The van der Waals surface area contributed by atoms with Gasteiger partial charge in [0.1, 0.15) is 5.82 Å². The summed E-state index contributed by atoms with van der Waals surface area (Å²) in [5, 5.41) is 0. The second kappa shape index (κ2) is 15.3. The number of rotatable bonds is 2. The first kappa shape index (κ1) is 28.5. The van der Waals surface area contributed by atoms with Crippen LogP contribution in [-0.2, 0) is 4.74 Å². The van der Waals surface area contributed by atoms with Crippen LogP contribution in [0.1, 0.15) is 42.8 Å². The zero-order chi connectivity index (χ0) is 22.5. The lowest BCUT2D eigenvalue weighted by atomic mass is 10.1. The normalized spacial score (nSPS) is 12.5. The molecule has 0 aromatic heterocycles. The molecule has 1 saturated heterocycles. The molecule has 0 atom stereocenters. The fraction of sp³-hybridized carbons (Fsp3) is 0.400. The zero-order valence-electron chi connectivity index (χ0n) is 18.4. The number of hydrogen-bond acceptors (Lipinski definition) is 5. The number of likely N-dealkylation sites (N-methyl/N-ethyl adjacent to an activating group) is 1. The number of anilines is 1. The molecule has 4 nitrogen and oxygen atoms in total. The Morgan fingerprint density at radius 2 is 1.58 bits per heavy atom. The standard InChI is InChI=1S/C21H21FN2O2.C2H6.CH4S.CH4/c1-23-11-13-24(14-12-23)20-10-7-18(21(25)26-2)15-17(20)6-3-16-4-8-19(22)9-5-16;2*1-2;/h4-5,7-10,15H,11-14H2,1-2H3;1-2H3;2H,1H3;1H4. The Morgan fingerprint density at radius 3 is 2.13 bits per heavy atom. The molecule has 0 spiro atoms. The molecule has 2 aromatic rings. The van der Waals surface area contributed by atoms with Crippen LogP contribution in [0.2, 0.25) is 0 Å². The molecule has 0 amide bonds. The minimum Gasteiger partial charge on any atom is -0.465 e. The van der Waals surface area contributed by atoms with E-state index in [1.54, 1.807) is 30.5 Å². The third-order valence-corrected chi connectivity index (χ3v) is 4.45. The lowest BCUT2D eigenvalue weighted by Gasteiger charge is -2.34. The summed E-state index contributed by atoms with van der Waals surface area (Å²) in [7, 11) is 3.47. The first-order valence-electron chi connectivity index (χ1n) is 9.95. The fourth-order valence-electron chi connectivity index (χ4n) is 2.88. The number of ether oxygens (including phenoxy) is 1. The fourth-order valence-corrected chi connectivity index (χ4v) is 2.88. The van der Waals surface area contributed by atoms with Gasteiger partial charge in [-0.25, -0.2) is 9.18 Å². The maximum absolute atomic E-state index is 13.1. The van der Waals surface area contributed by atoms with E-state index in [0.29, 0.717) is 5.56 Å². The minimum atomic E-state index is -0.389. The van der Waals surface area contributed by atoms with Gasteiger partial charge >= 0.3 is 5.97 Å². The van der Waals surface area contributed by atoms with Gasteiger partial charge in [-0.05, 0) is 55.8 Å². The third-order valence-electron chi connectivity index (χ3n) is 4.45. The van der Waals surface area contributed by atoms with Crippen molar-refractivity contribution in [3.05, 3.63) is 65.0 Å². The van der Waals surface area contributed by atoms with Crippen LogP contribution in [0.5, 0.6) is 0 Å². The van der Waals surface area contributed by atoms with Crippen molar-refractivity contribution in [2.24, 2.45) is 0 Å². The summed E-state index contributed by atoms with van der Waals surface area (Å²) in [6, 6.07) is 11.5. The summed E-state index contributed by atoms with van der Waals surface area (Å²) in [4.78, 5) is 16.4. The van der Waals surface area contributed by atoms with Crippen molar-refractivity contribution in [3.8, 4) is 11.8 Å². The highest BCUT2D eigenvalue weighted by Crippen LogP contribution is 2.23. The van der Waals surface area contributed by atoms with Gasteiger partial charge in [0.2, 0.25) is 0 Å². The van der Waals surface area contributed by atoms with Gasteiger partial charge in [-0.15, -0.1) is 0 Å². The van der Waals surface area contributed by atoms with E-state index >= 15 is 0 Å². The molecular formula is C25H35FN2O2S. The summed E-state index contributed by atoms with van der Waals surface area (Å²) in [6.45, 7) is 7.76. The molecular weight excluding hydrogens is 411 g/mol. The predicted octanol–water partition coefficient (Wildman–Crippen LogP) is 4.97. The van der Waals surface area contributed by atoms with Crippen molar-refractivity contribution in [1.82, 2.24) is 4.90 Å². The molecule has 1 aliphatic heterocycles. The van der Waals surface area contributed by atoms with E-state index < -0.39 is 0 Å².